The molecule has 3 aliphatic rings. The van der Waals surface area contributed by atoms with Crippen molar-refractivity contribution in [2.24, 2.45) is 11.7 Å². The van der Waals surface area contributed by atoms with Crippen molar-refractivity contribution >= 4 is 45.9 Å². The van der Waals surface area contributed by atoms with Gasteiger partial charge in [-0.1, -0.05) is 0 Å². The average molecular weight is 531 g/mol. The zero-order valence-corrected chi connectivity index (χ0v) is 22.1. The Hall–Kier alpha value is -4.08. The van der Waals surface area contributed by atoms with Crippen LogP contribution in [0.4, 0.5) is 17.1 Å². The van der Waals surface area contributed by atoms with Crippen LogP contribution in [0, 0.1) is 5.92 Å². The van der Waals surface area contributed by atoms with Gasteiger partial charge < -0.3 is 30.6 Å². The number of aromatic nitrogens is 2. The zero-order chi connectivity index (χ0) is 27.1. The highest BCUT2D eigenvalue weighted by atomic mass is 16.5. The van der Waals surface area contributed by atoms with E-state index >= 15 is 0 Å². The highest BCUT2D eigenvalue weighted by Gasteiger charge is 2.33. The number of anilines is 3. The average Bonchev–Trinajstić information content (AvgIpc) is 3.68. The Balaban J connectivity index is 1.41. The van der Waals surface area contributed by atoms with Crippen molar-refractivity contribution in [3.63, 3.8) is 0 Å². The molecule has 10 heteroatoms. The number of benzene rings is 2. The van der Waals surface area contributed by atoms with Crippen molar-refractivity contribution in [3.05, 3.63) is 36.4 Å². The Bertz CT molecular complexity index is 1450. The van der Waals surface area contributed by atoms with Gasteiger partial charge in [-0.15, -0.1) is 0 Å². The minimum Gasteiger partial charge on any atom is -0.466 e. The number of carbonyl (C=O) groups excluding carboxylic acids is 3. The molecule has 1 saturated carbocycles. The van der Waals surface area contributed by atoms with Crippen LogP contribution >= 0.6 is 0 Å². The van der Waals surface area contributed by atoms with Gasteiger partial charge in [-0.2, -0.15) is 0 Å². The number of rotatable bonds is 8. The topological polar surface area (TPSA) is 132 Å². The maximum atomic E-state index is 13.5. The summed E-state index contributed by atoms with van der Waals surface area (Å²) in [4.78, 5) is 44.8. The molecule has 2 atom stereocenters. The number of piperidine rings is 1. The lowest BCUT2D eigenvalue weighted by molar-refractivity contribution is -0.148. The SMILES string of the molecule is CCOC(=O)C1CCCN(c2ccc3c(c2)nc2n3C(CCC(N)=O)C(=O)Nc3ccc(NC4CC4)cc3-2)C1. The summed E-state index contributed by atoms with van der Waals surface area (Å²) in [7, 11) is 0. The molecule has 2 aliphatic heterocycles. The maximum absolute atomic E-state index is 13.5. The molecule has 10 nitrogen and oxygen atoms in total. The van der Waals surface area contributed by atoms with Crippen LogP contribution in [0.3, 0.4) is 0 Å². The lowest BCUT2D eigenvalue weighted by Crippen LogP contribution is -2.39. The number of esters is 1. The van der Waals surface area contributed by atoms with Gasteiger partial charge in [0.25, 0.3) is 0 Å². The summed E-state index contributed by atoms with van der Waals surface area (Å²) in [6.07, 6.45) is 4.39. The number of nitrogens with zero attached hydrogens (tertiary/aromatic N) is 3. The van der Waals surface area contributed by atoms with Crippen molar-refractivity contribution in [2.45, 2.75) is 57.5 Å². The van der Waals surface area contributed by atoms with Crippen LogP contribution in [-0.2, 0) is 19.1 Å². The molecule has 0 bridgehead atoms. The van der Waals surface area contributed by atoms with Gasteiger partial charge in [-0.05, 0) is 75.4 Å². The van der Waals surface area contributed by atoms with Gasteiger partial charge in [0, 0.05) is 42.5 Å². The minimum absolute atomic E-state index is 0.0864. The predicted octanol–water partition coefficient (Wildman–Crippen LogP) is 3.82. The van der Waals surface area contributed by atoms with E-state index in [0.717, 1.165) is 60.2 Å². The molecule has 2 fully saturated rings. The Morgan fingerprint density at radius 1 is 1.18 bits per heavy atom. The lowest BCUT2D eigenvalue weighted by atomic mass is 9.97. The molecule has 3 heterocycles. The number of carbonyl (C=O) groups is 3. The van der Waals surface area contributed by atoms with Crippen molar-refractivity contribution in [2.75, 3.05) is 35.2 Å². The number of fused-ring (bicyclic) bond motifs is 5. The van der Waals surface area contributed by atoms with E-state index < -0.39 is 11.9 Å². The Kier molecular flexibility index (Phi) is 6.62. The minimum atomic E-state index is -0.640. The number of imidazole rings is 1. The number of ether oxygens (including phenoxy) is 1. The van der Waals surface area contributed by atoms with E-state index in [1.807, 2.05) is 47.9 Å². The summed E-state index contributed by atoms with van der Waals surface area (Å²) in [5.41, 5.74) is 10.5. The molecule has 3 aromatic rings. The fraction of sp³-hybridized carbons (Fsp3) is 0.448. The standard InChI is InChI=1S/C29H34N6O4/c1-2-39-29(38)17-4-3-13-34(16-17)20-8-10-24-23(15-20)32-27-21-14-19(31-18-5-6-18)7-9-22(21)33-28(37)25(35(24)27)11-12-26(30)36/h7-10,14-15,17-18,25,31H,2-6,11-13,16H2,1H3,(H2,30,36)(H,33,37). The number of nitrogens with one attached hydrogen (secondary N) is 2. The molecule has 204 valence electrons. The number of primary amides is 1. The molecule has 0 radical (unpaired) electrons. The van der Waals surface area contributed by atoms with E-state index in [1.165, 1.54) is 0 Å². The zero-order valence-electron chi connectivity index (χ0n) is 22.1. The lowest BCUT2D eigenvalue weighted by Gasteiger charge is -2.33. The van der Waals surface area contributed by atoms with Gasteiger partial charge in [0.1, 0.15) is 11.9 Å². The van der Waals surface area contributed by atoms with Crippen LogP contribution < -0.4 is 21.3 Å². The Labute approximate surface area is 226 Å². The van der Waals surface area contributed by atoms with Crippen LogP contribution in [0.25, 0.3) is 22.4 Å². The first-order valence-corrected chi connectivity index (χ1v) is 13.8. The Morgan fingerprint density at radius 3 is 2.79 bits per heavy atom. The third kappa shape index (κ3) is 5.03. The van der Waals surface area contributed by atoms with Gasteiger partial charge in [-0.25, -0.2) is 4.98 Å². The molecule has 0 spiro atoms. The van der Waals surface area contributed by atoms with Gasteiger partial charge >= 0.3 is 5.97 Å². The predicted molar refractivity (Wildman–Crippen MR) is 149 cm³/mol. The van der Waals surface area contributed by atoms with Crippen molar-refractivity contribution in [3.8, 4) is 11.4 Å². The molecular formula is C29H34N6O4. The van der Waals surface area contributed by atoms with E-state index in [4.69, 9.17) is 15.5 Å². The molecule has 1 aliphatic carbocycles. The molecular weight excluding hydrogens is 496 g/mol. The summed E-state index contributed by atoms with van der Waals surface area (Å²) < 4.78 is 7.22. The molecule has 1 saturated heterocycles. The first-order valence-electron chi connectivity index (χ1n) is 13.8. The summed E-state index contributed by atoms with van der Waals surface area (Å²) in [6, 6.07) is 11.8. The highest BCUT2D eigenvalue weighted by Crippen LogP contribution is 2.40. The summed E-state index contributed by atoms with van der Waals surface area (Å²) in [5, 5.41) is 6.58. The second-order valence-electron chi connectivity index (χ2n) is 10.7. The largest absolute Gasteiger partial charge is 0.466 e. The smallest absolute Gasteiger partial charge is 0.310 e. The maximum Gasteiger partial charge on any atom is 0.310 e. The third-order valence-electron chi connectivity index (χ3n) is 7.82. The van der Waals surface area contributed by atoms with Gasteiger partial charge in [0.05, 0.1) is 29.2 Å². The van der Waals surface area contributed by atoms with Crippen LogP contribution in [0.15, 0.2) is 36.4 Å². The van der Waals surface area contributed by atoms with E-state index in [1.54, 1.807) is 0 Å². The second-order valence-corrected chi connectivity index (χ2v) is 10.7. The second kappa shape index (κ2) is 10.2. The highest BCUT2D eigenvalue weighted by molar-refractivity contribution is 6.02. The Morgan fingerprint density at radius 2 is 2.03 bits per heavy atom. The molecule has 6 rings (SSSR count). The number of hydrogen-bond donors (Lipinski definition) is 3. The monoisotopic (exact) mass is 530 g/mol. The van der Waals surface area contributed by atoms with Crippen molar-refractivity contribution in [1.29, 1.82) is 0 Å². The number of amides is 2. The van der Waals surface area contributed by atoms with E-state index in [-0.39, 0.29) is 30.6 Å². The van der Waals surface area contributed by atoms with Gasteiger partial charge in [0.2, 0.25) is 11.8 Å². The number of hydrogen-bond acceptors (Lipinski definition) is 7. The molecule has 2 amide bonds. The molecule has 2 unspecified atom stereocenters. The molecule has 2 aromatic carbocycles. The van der Waals surface area contributed by atoms with Gasteiger partial charge in [0.15, 0.2) is 0 Å². The molecule has 39 heavy (non-hydrogen) atoms. The first-order chi connectivity index (χ1) is 18.9. The third-order valence-corrected chi connectivity index (χ3v) is 7.82. The van der Waals surface area contributed by atoms with E-state index in [0.29, 0.717) is 30.7 Å². The number of nitrogens with two attached hydrogens (primary N) is 1. The summed E-state index contributed by atoms with van der Waals surface area (Å²) >= 11 is 0. The van der Waals surface area contributed by atoms with Crippen LogP contribution in [0.1, 0.15) is 51.5 Å². The fourth-order valence-corrected chi connectivity index (χ4v) is 5.72. The van der Waals surface area contributed by atoms with Crippen molar-refractivity contribution in [1.82, 2.24) is 9.55 Å². The van der Waals surface area contributed by atoms with Crippen LogP contribution in [-0.4, -0.2) is 53.1 Å². The van der Waals surface area contributed by atoms with Crippen LogP contribution in [0.2, 0.25) is 0 Å². The summed E-state index contributed by atoms with van der Waals surface area (Å²) in [5.74, 6) is -0.273. The summed E-state index contributed by atoms with van der Waals surface area (Å²) in [6.45, 7) is 3.65. The van der Waals surface area contributed by atoms with Crippen molar-refractivity contribution < 1.29 is 19.1 Å². The van der Waals surface area contributed by atoms with Gasteiger partial charge in [-0.3, -0.25) is 14.4 Å². The molecule has 4 N–H and O–H groups in total. The van der Waals surface area contributed by atoms with E-state index in [2.05, 4.69) is 15.5 Å². The molecule has 1 aromatic heterocycles. The first kappa shape index (κ1) is 25.2. The van der Waals surface area contributed by atoms with E-state index in [9.17, 15) is 14.4 Å². The fourth-order valence-electron chi connectivity index (χ4n) is 5.72. The van der Waals surface area contributed by atoms with Crippen LogP contribution in [0.5, 0.6) is 0 Å². The quantitative estimate of drug-likeness (QED) is 0.377. The normalized spacial score (nSPS) is 20.5.